The van der Waals surface area contributed by atoms with E-state index in [1.165, 1.54) is 12.8 Å². The molecule has 0 saturated heterocycles. The molecule has 9 heavy (non-hydrogen) atoms. The average molecular weight is 129 g/mol. The fourth-order valence-corrected chi connectivity index (χ4v) is 0.507. The van der Waals surface area contributed by atoms with Gasteiger partial charge in [-0.25, -0.2) is 5.43 Å². The van der Waals surface area contributed by atoms with E-state index in [9.17, 15) is 0 Å². The Kier molecular flexibility index (Phi) is 7.85. The van der Waals surface area contributed by atoms with Gasteiger partial charge in [-0.3, -0.25) is 0 Å². The Morgan fingerprint density at radius 2 is 2.00 bits per heavy atom. The maximum Gasteiger partial charge on any atom is 0.0304 e. The van der Waals surface area contributed by atoms with E-state index in [1.54, 1.807) is 0 Å². The molecule has 0 aromatic rings. The first-order chi connectivity index (χ1) is 4.41. The summed E-state index contributed by atoms with van der Waals surface area (Å²) >= 11 is 0. The molecule has 0 aliphatic heterocycles. The highest BCUT2D eigenvalue weighted by atomic mass is 15.3. The Labute approximate surface area is 58.0 Å². The van der Waals surface area contributed by atoms with Gasteiger partial charge in [0.15, 0.2) is 0 Å². The predicted molar refractivity (Wildman–Crippen MR) is 40.2 cm³/mol. The van der Waals surface area contributed by atoms with Crippen molar-refractivity contribution in [2.75, 3.05) is 13.1 Å². The van der Waals surface area contributed by atoms with Crippen molar-refractivity contribution in [3.63, 3.8) is 0 Å². The lowest BCUT2D eigenvalue weighted by atomic mass is 10.3. The third kappa shape index (κ3) is 7.92. The van der Waals surface area contributed by atoms with Crippen LogP contribution in [0.4, 0.5) is 0 Å². The van der Waals surface area contributed by atoms with E-state index in [0.29, 0.717) is 0 Å². The first-order valence-corrected chi connectivity index (χ1v) is 3.81. The number of unbranched alkanes of at least 4 members (excludes halogenated alkanes) is 1. The van der Waals surface area contributed by atoms with Crippen LogP contribution in [0.2, 0.25) is 0 Å². The monoisotopic (exact) mass is 129 g/mol. The van der Waals surface area contributed by atoms with E-state index < -0.39 is 0 Å². The van der Waals surface area contributed by atoms with Crippen LogP contribution in [0, 0.1) is 0 Å². The SMILES string of the molecule is CCCC[N]NCCC. The van der Waals surface area contributed by atoms with Crippen molar-refractivity contribution in [2.24, 2.45) is 0 Å². The number of hydrogen-bond acceptors (Lipinski definition) is 1. The molecule has 0 fully saturated rings. The third-order valence-corrected chi connectivity index (χ3v) is 1.10. The van der Waals surface area contributed by atoms with Gasteiger partial charge in [0, 0.05) is 13.1 Å². The molecule has 0 bridgehead atoms. The Balaban J connectivity index is 2.60. The molecule has 2 nitrogen and oxygen atoms in total. The molecular formula is C7H17N2. The summed E-state index contributed by atoms with van der Waals surface area (Å²) < 4.78 is 0. The van der Waals surface area contributed by atoms with E-state index in [-0.39, 0.29) is 0 Å². The van der Waals surface area contributed by atoms with E-state index in [4.69, 9.17) is 0 Å². The number of nitrogens with one attached hydrogen (secondary N) is 1. The molecule has 0 unspecified atom stereocenters. The highest BCUT2D eigenvalue weighted by molar-refractivity contribution is 4.39. The fourth-order valence-electron chi connectivity index (χ4n) is 0.507. The van der Waals surface area contributed by atoms with Crippen molar-refractivity contribution in [3.05, 3.63) is 0 Å². The minimum absolute atomic E-state index is 0.969. The van der Waals surface area contributed by atoms with Gasteiger partial charge in [0.05, 0.1) is 0 Å². The first kappa shape index (κ1) is 8.92. The number of hydrogen-bond donors (Lipinski definition) is 1. The van der Waals surface area contributed by atoms with Crippen LogP contribution in [0.1, 0.15) is 33.1 Å². The van der Waals surface area contributed by atoms with Crippen LogP contribution in [0.15, 0.2) is 0 Å². The summed E-state index contributed by atoms with van der Waals surface area (Å²) in [5.41, 5.74) is 7.10. The Morgan fingerprint density at radius 1 is 1.22 bits per heavy atom. The third-order valence-electron chi connectivity index (χ3n) is 1.10. The standard InChI is InChI=1S/C7H17N2/c1-3-5-7-9-8-6-4-2/h8H,3-7H2,1-2H3. The molecule has 0 spiro atoms. The highest BCUT2D eigenvalue weighted by Crippen LogP contribution is 1.81. The smallest absolute Gasteiger partial charge is 0.0304 e. The van der Waals surface area contributed by atoms with E-state index >= 15 is 0 Å². The Bertz CT molecular complexity index is 40.2. The summed E-state index contributed by atoms with van der Waals surface area (Å²) in [5, 5.41) is 0. The zero-order valence-electron chi connectivity index (χ0n) is 6.48. The van der Waals surface area contributed by atoms with Gasteiger partial charge in [0.1, 0.15) is 0 Å². The average Bonchev–Trinajstić information content (AvgIpc) is 1.89. The van der Waals surface area contributed by atoms with Crippen LogP contribution < -0.4 is 10.9 Å². The fraction of sp³-hybridized carbons (Fsp3) is 1.00. The van der Waals surface area contributed by atoms with E-state index in [2.05, 4.69) is 24.7 Å². The quantitative estimate of drug-likeness (QED) is 0.424. The molecule has 1 radical (unpaired) electrons. The largest absolute Gasteiger partial charge is 0.240 e. The van der Waals surface area contributed by atoms with Crippen LogP contribution >= 0.6 is 0 Å². The van der Waals surface area contributed by atoms with Gasteiger partial charge in [0.2, 0.25) is 0 Å². The summed E-state index contributed by atoms with van der Waals surface area (Å²) in [4.78, 5) is 0. The van der Waals surface area contributed by atoms with Crippen LogP contribution in [-0.2, 0) is 0 Å². The molecule has 0 aromatic heterocycles. The van der Waals surface area contributed by atoms with Gasteiger partial charge >= 0.3 is 0 Å². The predicted octanol–water partition coefficient (Wildman–Crippen LogP) is 1.31. The zero-order valence-corrected chi connectivity index (χ0v) is 6.48. The molecular weight excluding hydrogens is 112 g/mol. The second-order valence-corrected chi connectivity index (χ2v) is 2.14. The van der Waals surface area contributed by atoms with Gasteiger partial charge < -0.3 is 0 Å². The van der Waals surface area contributed by atoms with Crippen molar-refractivity contribution in [3.8, 4) is 0 Å². The van der Waals surface area contributed by atoms with Gasteiger partial charge in [-0.2, -0.15) is 5.43 Å². The molecule has 0 aromatic carbocycles. The molecule has 0 rings (SSSR count). The normalized spacial score (nSPS) is 10.0. The number of nitrogens with zero attached hydrogens (tertiary/aromatic N) is 1. The molecule has 0 atom stereocenters. The van der Waals surface area contributed by atoms with Crippen LogP contribution in [0.3, 0.4) is 0 Å². The zero-order chi connectivity index (χ0) is 6.95. The Hall–Kier alpha value is -0.0800. The lowest BCUT2D eigenvalue weighted by Crippen LogP contribution is -2.25. The minimum Gasteiger partial charge on any atom is -0.240 e. The lowest BCUT2D eigenvalue weighted by Gasteiger charge is -1.99. The van der Waals surface area contributed by atoms with Crippen LogP contribution in [0.25, 0.3) is 0 Å². The lowest BCUT2D eigenvalue weighted by molar-refractivity contribution is 0.504. The molecule has 55 valence electrons. The molecule has 0 aliphatic rings. The van der Waals surface area contributed by atoms with Crippen molar-refractivity contribution in [1.82, 2.24) is 10.9 Å². The summed E-state index contributed by atoms with van der Waals surface area (Å²) in [6.07, 6.45) is 3.60. The molecule has 0 saturated carbocycles. The Morgan fingerprint density at radius 3 is 2.56 bits per heavy atom. The van der Waals surface area contributed by atoms with Crippen LogP contribution in [0.5, 0.6) is 0 Å². The van der Waals surface area contributed by atoms with Crippen molar-refractivity contribution < 1.29 is 0 Å². The second-order valence-electron chi connectivity index (χ2n) is 2.14. The minimum atomic E-state index is 0.969. The van der Waals surface area contributed by atoms with Crippen molar-refractivity contribution in [2.45, 2.75) is 33.1 Å². The molecule has 0 aliphatic carbocycles. The summed E-state index contributed by atoms with van der Waals surface area (Å²) in [6, 6.07) is 0. The van der Waals surface area contributed by atoms with E-state index in [0.717, 1.165) is 19.5 Å². The summed E-state index contributed by atoms with van der Waals surface area (Å²) in [6.45, 7) is 6.30. The number of rotatable bonds is 6. The highest BCUT2D eigenvalue weighted by Gasteiger charge is 1.83. The van der Waals surface area contributed by atoms with Crippen molar-refractivity contribution >= 4 is 0 Å². The molecule has 0 amide bonds. The molecule has 2 heteroatoms. The van der Waals surface area contributed by atoms with Gasteiger partial charge in [0.25, 0.3) is 0 Å². The van der Waals surface area contributed by atoms with Gasteiger partial charge in [-0.1, -0.05) is 20.3 Å². The summed E-state index contributed by atoms with van der Waals surface area (Å²) in [7, 11) is 0. The van der Waals surface area contributed by atoms with Gasteiger partial charge in [-0.05, 0) is 12.8 Å². The first-order valence-electron chi connectivity index (χ1n) is 3.81. The molecule has 0 heterocycles. The van der Waals surface area contributed by atoms with Gasteiger partial charge in [-0.15, -0.1) is 0 Å². The summed E-state index contributed by atoms with van der Waals surface area (Å²) in [5.74, 6) is 0. The van der Waals surface area contributed by atoms with Crippen molar-refractivity contribution in [1.29, 1.82) is 0 Å². The maximum absolute atomic E-state index is 4.10. The maximum atomic E-state index is 4.10. The topological polar surface area (TPSA) is 26.1 Å². The van der Waals surface area contributed by atoms with Crippen LogP contribution in [-0.4, -0.2) is 13.1 Å². The molecule has 1 N–H and O–H groups in total. The second kappa shape index (κ2) is 7.92. The van der Waals surface area contributed by atoms with E-state index in [1.807, 2.05) is 0 Å².